The molecule has 0 heterocycles. The third kappa shape index (κ3) is 7.63. The summed E-state index contributed by atoms with van der Waals surface area (Å²) in [5.74, 6) is -0.886. The number of aliphatic carboxylic acids is 1. The Bertz CT molecular complexity index is 223. The first-order valence-corrected chi connectivity index (χ1v) is 6.70. The Morgan fingerprint density at radius 1 is 1.17 bits per heavy atom. The summed E-state index contributed by atoms with van der Waals surface area (Å²) in [5.41, 5.74) is -1.01. The van der Waals surface area contributed by atoms with Crippen LogP contribution in [0, 0.1) is 0 Å². The maximum absolute atomic E-state index is 11.2. The van der Waals surface area contributed by atoms with Gasteiger partial charge in [-0.05, 0) is 26.3 Å². The molecule has 5 heteroatoms. The summed E-state index contributed by atoms with van der Waals surface area (Å²) < 4.78 is 10.7. The van der Waals surface area contributed by atoms with Crippen molar-refractivity contribution >= 4 is 5.97 Å². The highest BCUT2D eigenvalue weighted by Crippen LogP contribution is 2.05. The van der Waals surface area contributed by atoms with E-state index in [0.29, 0.717) is 19.8 Å². The van der Waals surface area contributed by atoms with Crippen LogP contribution in [0.4, 0.5) is 0 Å². The van der Waals surface area contributed by atoms with Crippen molar-refractivity contribution in [3.63, 3.8) is 0 Å². The normalized spacial score (nSPS) is 14.4. The molecule has 0 aromatic rings. The minimum absolute atomic E-state index is 0.152. The van der Waals surface area contributed by atoms with Crippen molar-refractivity contribution in [2.45, 2.75) is 45.6 Å². The Morgan fingerprint density at radius 3 is 2.39 bits per heavy atom. The van der Waals surface area contributed by atoms with Gasteiger partial charge in [0.1, 0.15) is 5.54 Å². The lowest BCUT2D eigenvalue weighted by atomic mass is 10.0. The van der Waals surface area contributed by atoms with E-state index in [9.17, 15) is 4.79 Å². The third-order valence-electron chi connectivity index (χ3n) is 2.64. The number of carboxylic acids is 1. The van der Waals surface area contributed by atoms with Crippen molar-refractivity contribution in [1.82, 2.24) is 5.32 Å². The van der Waals surface area contributed by atoms with Gasteiger partial charge in [-0.2, -0.15) is 0 Å². The van der Waals surface area contributed by atoms with Crippen LogP contribution in [0.15, 0.2) is 0 Å². The van der Waals surface area contributed by atoms with Crippen molar-refractivity contribution in [3.05, 3.63) is 0 Å². The van der Waals surface area contributed by atoms with E-state index in [2.05, 4.69) is 12.2 Å². The zero-order valence-electron chi connectivity index (χ0n) is 11.8. The monoisotopic (exact) mass is 261 g/mol. The molecule has 0 saturated carbocycles. The molecule has 0 saturated heterocycles. The molecule has 0 aromatic heterocycles. The van der Waals surface area contributed by atoms with Gasteiger partial charge in [-0.3, -0.25) is 4.79 Å². The van der Waals surface area contributed by atoms with Gasteiger partial charge in [0.25, 0.3) is 0 Å². The molecular formula is C13H27NO4. The first kappa shape index (κ1) is 17.4. The van der Waals surface area contributed by atoms with Crippen LogP contribution >= 0.6 is 0 Å². The SMILES string of the molecule is CCCCOCCOCC(C)(NCCC)C(=O)O. The zero-order valence-corrected chi connectivity index (χ0v) is 11.8. The van der Waals surface area contributed by atoms with E-state index in [1.807, 2.05) is 6.92 Å². The Hall–Kier alpha value is -0.650. The molecule has 0 amide bonds. The minimum Gasteiger partial charge on any atom is -0.480 e. The van der Waals surface area contributed by atoms with E-state index in [1.54, 1.807) is 6.92 Å². The van der Waals surface area contributed by atoms with Crippen LogP contribution in [0.25, 0.3) is 0 Å². The van der Waals surface area contributed by atoms with Crippen LogP contribution in [0.2, 0.25) is 0 Å². The van der Waals surface area contributed by atoms with Gasteiger partial charge >= 0.3 is 5.97 Å². The largest absolute Gasteiger partial charge is 0.480 e. The van der Waals surface area contributed by atoms with Gasteiger partial charge in [-0.15, -0.1) is 0 Å². The number of hydrogen-bond acceptors (Lipinski definition) is 4. The molecule has 108 valence electrons. The number of carboxylic acid groups (broad SMARTS) is 1. The van der Waals surface area contributed by atoms with Crippen molar-refractivity contribution in [2.24, 2.45) is 0 Å². The van der Waals surface area contributed by atoms with Gasteiger partial charge in [-0.25, -0.2) is 0 Å². The van der Waals surface area contributed by atoms with Gasteiger partial charge in [0.2, 0.25) is 0 Å². The van der Waals surface area contributed by atoms with Crippen LogP contribution in [-0.2, 0) is 14.3 Å². The first-order valence-electron chi connectivity index (χ1n) is 6.70. The predicted molar refractivity (Wildman–Crippen MR) is 70.9 cm³/mol. The molecule has 0 aliphatic heterocycles. The lowest BCUT2D eigenvalue weighted by molar-refractivity contribution is -0.147. The van der Waals surface area contributed by atoms with Crippen LogP contribution in [0.1, 0.15) is 40.0 Å². The molecule has 0 spiro atoms. The van der Waals surface area contributed by atoms with E-state index in [0.717, 1.165) is 25.9 Å². The lowest BCUT2D eigenvalue weighted by Gasteiger charge is -2.25. The summed E-state index contributed by atoms with van der Waals surface area (Å²) >= 11 is 0. The fourth-order valence-electron chi connectivity index (χ4n) is 1.33. The molecule has 0 rings (SSSR count). The number of nitrogens with one attached hydrogen (secondary N) is 1. The van der Waals surface area contributed by atoms with Crippen LogP contribution in [0.5, 0.6) is 0 Å². The number of hydrogen-bond donors (Lipinski definition) is 2. The lowest BCUT2D eigenvalue weighted by Crippen LogP contribution is -2.53. The maximum atomic E-state index is 11.2. The third-order valence-corrected chi connectivity index (χ3v) is 2.64. The fraction of sp³-hybridized carbons (Fsp3) is 0.923. The molecule has 0 bridgehead atoms. The molecule has 0 aliphatic rings. The Morgan fingerprint density at radius 2 is 1.83 bits per heavy atom. The molecular weight excluding hydrogens is 234 g/mol. The molecule has 0 aromatic carbocycles. The fourth-order valence-corrected chi connectivity index (χ4v) is 1.33. The van der Waals surface area contributed by atoms with E-state index >= 15 is 0 Å². The second-order valence-electron chi connectivity index (χ2n) is 4.58. The number of rotatable bonds is 12. The highest BCUT2D eigenvalue weighted by atomic mass is 16.5. The van der Waals surface area contributed by atoms with E-state index in [1.165, 1.54) is 0 Å². The summed E-state index contributed by atoms with van der Waals surface area (Å²) in [4.78, 5) is 11.2. The Kier molecular flexibility index (Phi) is 9.92. The molecule has 5 nitrogen and oxygen atoms in total. The molecule has 0 radical (unpaired) electrons. The molecule has 0 fully saturated rings. The van der Waals surface area contributed by atoms with Crippen LogP contribution in [0.3, 0.4) is 0 Å². The topological polar surface area (TPSA) is 67.8 Å². The number of ether oxygens (including phenoxy) is 2. The standard InChI is InChI=1S/C13H27NO4/c1-4-6-8-17-9-10-18-11-13(3,12(15)16)14-7-5-2/h14H,4-11H2,1-3H3,(H,15,16). The average Bonchev–Trinajstić information content (AvgIpc) is 2.35. The van der Waals surface area contributed by atoms with Crippen LogP contribution < -0.4 is 5.32 Å². The van der Waals surface area contributed by atoms with E-state index < -0.39 is 11.5 Å². The molecule has 1 atom stereocenters. The second-order valence-corrected chi connectivity index (χ2v) is 4.58. The molecule has 1 unspecified atom stereocenters. The molecule has 18 heavy (non-hydrogen) atoms. The number of carbonyl (C=O) groups is 1. The zero-order chi connectivity index (χ0) is 13.9. The molecule has 0 aliphatic carbocycles. The highest BCUT2D eigenvalue weighted by Gasteiger charge is 2.32. The molecule has 2 N–H and O–H groups in total. The van der Waals surface area contributed by atoms with Gasteiger partial charge in [0.05, 0.1) is 19.8 Å². The minimum atomic E-state index is -1.01. The van der Waals surface area contributed by atoms with Gasteiger partial charge in [0, 0.05) is 6.61 Å². The summed E-state index contributed by atoms with van der Waals surface area (Å²) in [6, 6.07) is 0. The Labute approximate surface area is 110 Å². The number of unbranched alkanes of at least 4 members (excludes halogenated alkanes) is 1. The summed E-state index contributed by atoms with van der Waals surface area (Å²) in [6.07, 6.45) is 3.05. The van der Waals surface area contributed by atoms with Gasteiger partial charge < -0.3 is 19.9 Å². The maximum Gasteiger partial charge on any atom is 0.326 e. The highest BCUT2D eigenvalue weighted by molar-refractivity contribution is 5.78. The summed E-state index contributed by atoms with van der Waals surface area (Å²) in [6.45, 7) is 8.25. The van der Waals surface area contributed by atoms with Crippen molar-refractivity contribution < 1.29 is 19.4 Å². The van der Waals surface area contributed by atoms with Crippen LogP contribution in [-0.4, -0.2) is 49.6 Å². The smallest absolute Gasteiger partial charge is 0.326 e. The second kappa shape index (κ2) is 10.3. The Balaban J connectivity index is 3.73. The van der Waals surface area contributed by atoms with Crippen molar-refractivity contribution in [3.8, 4) is 0 Å². The first-order chi connectivity index (χ1) is 8.56. The van der Waals surface area contributed by atoms with Gasteiger partial charge in [-0.1, -0.05) is 20.3 Å². The van der Waals surface area contributed by atoms with Gasteiger partial charge in [0.15, 0.2) is 0 Å². The van der Waals surface area contributed by atoms with Crippen molar-refractivity contribution in [2.75, 3.05) is 33.0 Å². The quantitative estimate of drug-likeness (QED) is 0.523. The van der Waals surface area contributed by atoms with E-state index in [-0.39, 0.29) is 6.61 Å². The summed E-state index contributed by atoms with van der Waals surface area (Å²) in [7, 11) is 0. The average molecular weight is 261 g/mol. The van der Waals surface area contributed by atoms with E-state index in [4.69, 9.17) is 14.6 Å². The van der Waals surface area contributed by atoms with Crippen molar-refractivity contribution in [1.29, 1.82) is 0 Å². The summed E-state index contributed by atoms with van der Waals surface area (Å²) in [5, 5.41) is 12.1. The predicted octanol–water partition coefficient (Wildman–Crippen LogP) is 1.66.